The van der Waals surface area contributed by atoms with E-state index >= 15 is 0 Å². The Labute approximate surface area is 88.1 Å². The summed E-state index contributed by atoms with van der Waals surface area (Å²) in [5.74, 6) is 0.988. The van der Waals surface area contributed by atoms with E-state index in [-0.39, 0.29) is 5.82 Å². The van der Waals surface area contributed by atoms with Crippen molar-refractivity contribution >= 4 is 11.8 Å². The van der Waals surface area contributed by atoms with Gasteiger partial charge in [-0.1, -0.05) is 12.1 Å². The first kappa shape index (κ1) is 9.99. The minimum Gasteiger partial charge on any atom is -0.316 e. The first-order valence-corrected chi connectivity index (χ1v) is 5.99. The SMILES string of the molecule is Fc1cccc([C@H]2CCNCCS2)c1. The summed E-state index contributed by atoms with van der Waals surface area (Å²) in [6.45, 7) is 2.10. The molecular formula is C11H14FNS. The molecule has 1 nitrogen and oxygen atoms in total. The van der Waals surface area contributed by atoms with Crippen LogP contribution in [0.1, 0.15) is 17.2 Å². The van der Waals surface area contributed by atoms with Crippen molar-refractivity contribution in [3.05, 3.63) is 35.6 Å². The molecule has 2 rings (SSSR count). The predicted octanol–water partition coefficient (Wildman–Crippen LogP) is 2.59. The van der Waals surface area contributed by atoms with Gasteiger partial charge in [-0.2, -0.15) is 11.8 Å². The lowest BCUT2D eigenvalue weighted by atomic mass is 10.1. The van der Waals surface area contributed by atoms with Crippen LogP contribution in [0.25, 0.3) is 0 Å². The fourth-order valence-electron chi connectivity index (χ4n) is 1.68. The molecule has 0 radical (unpaired) electrons. The van der Waals surface area contributed by atoms with Crippen LogP contribution in [-0.2, 0) is 0 Å². The molecule has 3 heteroatoms. The standard InChI is InChI=1S/C11H14FNS/c12-10-3-1-2-9(8-10)11-4-5-13-6-7-14-11/h1-3,8,11,13H,4-7H2/t11-/m1/s1. The highest BCUT2D eigenvalue weighted by atomic mass is 32.2. The molecule has 1 fully saturated rings. The maximum atomic E-state index is 13.0. The van der Waals surface area contributed by atoms with Crippen molar-refractivity contribution < 1.29 is 4.39 Å². The smallest absolute Gasteiger partial charge is 0.123 e. The van der Waals surface area contributed by atoms with Gasteiger partial charge in [-0.15, -0.1) is 0 Å². The maximum absolute atomic E-state index is 13.0. The predicted molar refractivity (Wildman–Crippen MR) is 59.1 cm³/mol. The van der Waals surface area contributed by atoms with Gasteiger partial charge in [-0.25, -0.2) is 4.39 Å². The van der Waals surface area contributed by atoms with Gasteiger partial charge in [0.2, 0.25) is 0 Å². The lowest BCUT2D eigenvalue weighted by Crippen LogP contribution is -2.15. The molecule has 1 aliphatic rings. The molecule has 0 aliphatic carbocycles. The molecule has 0 bridgehead atoms. The van der Waals surface area contributed by atoms with Crippen molar-refractivity contribution in [3.8, 4) is 0 Å². The van der Waals surface area contributed by atoms with Crippen LogP contribution in [0, 0.1) is 5.82 Å². The van der Waals surface area contributed by atoms with E-state index in [9.17, 15) is 4.39 Å². The van der Waals surface area contributed by atoms with Crippen molar-refractivity contribution in [2.45, 2.75) is 11.7 Å². The molecule has 1 atom stereocenters. The zero-order valence-corrected chi connectivity index (χ0v) is 8.82. The van der Waals surface area contributed by atoms with Gasteiger partial charge >= 0.3 is 0 Å². The molecule has 0 aromatic heterocycles. The van der Waals surface area contributed by atoms with Crippen molar-refractivity contribution in [3.63, 3.8) is 0 Å². The Balaban J connectivity index is 2.12. The molecule has 76 valence electrons. The summed E-state index contributed by atoms with van der Waals surface area (Å²) < 4.78 is 13.0. The second-order valence-corrected chi connectivity index (χ2v) is 4.76. The Morgan fingerprint density at radius 1 is 1.36 bits per heavy atom. The number of hydrogen-bond donors (Lipinski definition) is 1. The quantitative estimate of drug-likeness (QED) is 0.766. The van der Waals surface area contributed by atoms with Gasteiger partial charge < -0.3 is 5.32 Å². The Hall–Kier alpha value is -0.540. The van der Waals surface area contributed by atoms with Gasteiger partial charge in [0.25, 0.3) is 0 Å². The summed E-state index contributed by atoms with van der Waals surface area (Å²) in [5, 5.41) is 3.81. The average molecular weight is 211 g/mol. The first-order valence-electron chi connectivity index (χ1n) is 4.94. The second kappa shape index (κ2) is 4.80. The molecule has 0 saturated carbocycles. The number of rotatable bonds is 1. The highest BCUT2D eigenvalue weighted by Crippen LogP contribution is 2.32. The minimum absolute atomic E-state index is 0.125. The minimum atomic E-state index is -0.125. The van der Waals surface area contributed by atoms with Gasteiger partial charge in [-0.05, 0) is 30.7 Å². The fraction of sp³-hybridized carbons (Fsp3) is 0.455. The molecule has 0 spiro atoms. The van der Waals surface area contributed by atoms with Crippen LogP contribution < -0.4 is 5.32 Å². The van der Waals surface area contributed by atoms with Crippen LogP contribution in [0.3, 0.4) is 0 Å². The molecule has 1 heterocycles. The van der Waals surface area contributed by atoms with E-state index in [1.807, 2.05) is 17.8 Å². The third-order valence-electron chi connectivity index (χ3n) is 2.40. The number of benzene rings is 1. The van der Waals surface area contributed by atoms with Crippen LogP contribution in [0.4, 0.5) is 4.39 Å². The Morgan fingerprint density at radius 3 is 3.14 bits per heavy atom. The number of thioether (sulfide) groups is 1. The zero-order valence-electron chi connectivity index (χ0n) is 8.00. The van der Waals surface area contributed by atoms with Gasteiger partial charge in [0.1, 0.15) is 5.82 Å². The molecule has 14 heavy (non-hydrogen) atoms. The summed E-state index contributed by atoms with van der Waals surface area (Å²) in [6.07, 6.45) is 1.09. The fourth-order valence-corrected chi connectivity index (χ4v) is 2.85. The van der Waals surface area contributed by atoms with Crippen LogP contribution in [-0.4, -0.2) is 18.8 Å². The Kier molecular flexibility index (Phi) is 3.43. The summed E-state index contributed by atoms with van der Waals surface area (Å²) >= 11 is 1.92. The van der Waals surface area contributed by atoms with Gasteiger partial charge in [0.05, 0.1) is 0 Å². The van der Waals surface area contributed by atoms with Crippen LogP contribution in [0.2, 0.25) is 0 Å². The normalized spacial score (nSPS) is 23.1. The molecule has 0 amide bonds. The number of halogens is 1. The molecule has 1 aliphatic heterocycles. The average Bonchev–Trinajstić information content (AvgIpc) is 2.45. The van der Waals surface area contributed by atoms with E-state index in [1.165, 1.54) is 6.07 Å². The van der Waals surface area contributed by atoms with Crippen LogP contribution in [0.15, 0.2) is 24.3 Å². The molecular weight excluding hydrogens is 197 g/mol. The van der Waals surface area contributed by atoms with Crippen molar-refractivity contribution in [2.75, 3.05) is 18.8 Å². The van der Waals surface area contributed by atoms with Crippen LogP contribution in [0.5, 0.6) is 0 Å². The highest BCUT2D eigenvalue weighted by Gasteiger charge is 2.14. The van der Waals surface area contributed by atoms with Gasteiger partial charge in [-0.3, -0.25) is 0 Å². The van der Waals surface area contributed by atoms with Crippen molar-refractivity contribution in [2.24, 2.45) is 0 Å². The summed E-state index contributed by atoms with van der Waals surface area (Å²) in [7, 11) is 0. The zero-order chi connectivity index (χ0) is 9.80. The molecule has 1 aromatic rings. The lowest BCUT2D eigenvalue weighted by Gasteiger charge is -2.13. The van der Waals surface area contributed by atoms with E-state index in [2.05, 4.69) is 5.32 Å². The third-order valence-corrected chi connectivity index (χ3v) is 3.75. The highest BCUT2D eigenvalue weighted by molar-refractivity contribution is 7.99. The van der Waals surface area contributed by atoms with Crippen molar-refractivity contribution in [1.82, 2.24) is 5.32 Å². The topological polar surface area (TPSA) is 12.0 Å². The largest absolute Gasteiger partial charge is 0.316 e. The van der Waals surface area contributed by atoms with E-state index in [0.29, 0.717) is 5.25 Å². The molecule has 1 N–H and O–H groups in total. The van der Waals surface area contributed by atoms with Crippen molar-refractivity contribution in [1.29, 1.82) is 0 Å². The van der Waals surface area contributed by atoms with Gasteiger partial charge in [0.15, 0.2) is 0 Å². The Morgan fingerprint density at radius 2 is 2.29 bits per heavy atom. The van der Waals surface area contributed by atoms with Gasteiger partial charge in [0, 0.05) is 17.5 Å². The van der Waals surface area contributed by atoms with Crippen LogP contribution >= 0.6 is 11.8 Å². The second-order valence-electron chi connectivity index (χ2n) is 3.45. The van der Waals surface area contributed by atoms with E-state index < -0.39 is 0 Å². The number of hydrogen-bond acceptors (Lipinski definition) is 2. The summed E-state index contributed by atoms with van der Waals surface area (Å²) in [6, 6.07) is 6.97. The lowest BCUT2D eigenvalue weighted by molar-refractivity contribution is 0.622. The Bertz CT molecular complexity index is 295. The number of nitrogens with one attached hydrogen (secondary N) is 1. The monoisotopic (exact) mass is 211 g/mol. The molecule has 0 unspecified atom stereocenters. The maximum Gasteiger partial charge on any atom is 0.123 e. The van der Waals surface area contributed by atoms with E-state index in [1.54, 1.807) is 12.1 Å². The molecule has 1 saturated heterocycles. The summed E-state index contributed by atoms with van der Waals surface area (Å²) in [4.78, 5) is 0. The first-order chi connectivity index (χ1) is 6.86. The van der Waals surface area contributed by atoms with E-state index in [0.717, 1.165) is 30.8 Å². The summed E-state index contributed by atoms with van der Waals surface area (Å²) in [5.41, 5.74) is 1.12. The third kappa shape index (κ3) is 2.49. The van der Waals surface area contributed by atoms with E-state index in [4.69, 9.17) is 0 Å². The molecule has 1 aromatic carbocycles.